The Hall–Kier alpha value is -1.69. The molecule has 6 nitrogen and oxygen atoms in total. The lowest BCUT2D eigenvalue weighted by Crippen LogP contribution is -2.06. The molecule has 2 aromatic rings. The third kappa shape index (κ3) is 1.29. The molecule has 2 heterocycles. The van der Waals surface area contributed by atoms with Crippen LogP contribution in [0, 0.1) is 6.92 Å². The fraction of sp³-hybridized carbons (Fsp3) is 0.375. The van der Waals surface area contributed by atoms with Crippen molar-refractivity contribution in [1.82, 2.24) is 19.7 Å². The summed E-state index contributed by atoms with van der Waals surface area (Å²) in [6.45, 7) is 2.21. The number of hydrogen-bond donors (Lipinski definition) is 2. The first-order chi connectivity index (χ1) is 6.72. The van der Waals surface area contributed by atoms with Gasteiger partial charge in [0.1, 0.15) is 11.6 Å². The second kappa shape index (κ2) is 3.22. The topological polar surface area (TPSA) is 89.8 Å². The van der Waals surface area contributed by atoms with Crippen molar-refractivity contribution in [2.24, 2.45) is 0 Å². The summed E-state index contributed by atoms with van der Waals surface area (Å²) >= 11 is 0. The van der Waals surface area contributed by atoms with Crippen LogP contribution >= 0.6 is 0 Å². The average Bonchev–Trinajstić information content (AvgIpc) is 2.49. The predicted molar refractivity (Wildman–Crippen MR) is 51.6 cm³/mol. The van der Waals surface area contributed by atoms with Crippen molar-refractivity contribution in [3.63, 3.8) is 0 Å². The minimum atomic E-state index is 0.0275. The van der Waals surface area contributed by atoms with Crippen LogP contribution in [0.4, 0.5) is 5.82 Å². The highest BCUT2D eigenvalue weighted by Gasteiger charge is 2.08. The molecule has 14 heavy (non-hydrogen) atoms. The number of aliphatic hydroxyl groups is 1. The Bertz CT molecular complexity index is 464. The number of anilines is 1. The highest BCUT2D eigenvalue weighted by molar-refractivity contribution is 5.84. The number of nitrogen functional groups attached to an aromatic ring is 1. The van der Waals surface area contributed by atoms with Gasteiger partial charge in [-0.1, -0.05) is 0 Å². The summed E-state index contributed by atoms with van der Waals surface area (Å²) in [5, 5.41) is 13.6. The fourth-order valence-corrected chi connectivity index (χ4v) is 1.35. The Balaban J connectivity index is 2.66. The standard InChI is InChI=1S/C8H11N5O/c1-5-11-7(9)6-4-10-13(2-3-14)8(6)12-5/h4,14H,2-3H2,1H3,(H2,9,11,12). The monoisotopic (exact) mass is 193 g/mol. The van der Waals surface area contributed by atoms with Gasteiger partial charge in [0.15, 0.2) is 5.65 Å². The lowest BCUT2D eigenvalue weighted by molar-refractivity contribution is 0.271. The van der Waals surface area contributed by atoms with Crippen LogP contribution in [0.25, 0.3) is 11.0 Å². The molecule has 0 aliphatic heterocycles. The molecule has 0 fully saturated rings. The number of aryl methyl sites for hydroxylation is 1. The largest absolute Gasteiger partial charge is 0.394 e. The molecule has 6 heteroatoms. The molecule has 0 unspecified atom stereocenters. The summed E-state index contributed by atoms with van der Waals surface area (Å²) in [7, 11) is 0. The minimum absolute atomic E-state index is 0.0275. The summed E-state index contributed by atoms with van der Waals surface area (Å²) in [6.07, 6.45) is 1.61. The molecule has 0 radical (unpaired) electrons. The Morgan fingerprint density at radius 2 is 2.29 bits per heavy atom. The Morgan fingerprint density at radius 1 is 1.50 bits per heavy atom. The van der Waals surface area contributed by atoms with Gasteiger partial charge in [-0.15, -0.1) is 0 Å². The van der Waals surface area contributed by atoms with Crippen LogP contribution in [0.15, 0.2) is 6.20 Å². The number of rotatable bonds is 2. The Morgan fingerprint density at radius 3 is 3.00 bits per heavy atom. The average molecular weight is 193 g/mol. The van der Waals surface area contributed by atoms with Crippen LogP contribution in [0.5, 0.6) is 0 Å². The van der Waals surface area contributed by atoms with Crippen molar-refractivity contribution in [2.75, 3.05) is 12.3 Å². The predicted octanol–water partition coefficient (Wildman–Crippen LogP) is -0.291. The van der Waals surface area contributed by atoms with E-state index in [4.69, 9.17) is 10.8 Å². The van der Waals surface area contributed by atoms with Crippen LogP contribution in [0.1, 0.15) is 5.82 Å². The smallest absolute Gasteiger partial charge is 0.163 e. The van der Waals surface area contributed by atoms with Crippen molar-refractivity contribution in [1.29, 1.82) is 0 Å². The van der Waals surface area contributed by atoms with Crippen LogP contribution in [0.3, 0.4) is 0 Å². The van der Waals surface area contributed by atoms with Crippen molar-refractivity contribution in [2.45, 2.75) is 13.5 Å². The number of aliphatic hydroxyl groups excluding tert-OH is 1. The van der Waals surface area contributed by atoms with Crippen molar-refractivity contribution < 1.29 is 5.11 Å². The van der Waals surface area contributed by atoms with Gasteiger partial charge in [-0.3, -0.25) is 0 Å². The fourth-order valence-electron chi connectivity index (χ4n) is 1.35. The highest BCUT2D eigenvalue weighted by atomic mass is 16.3. The normalized spacial score (nSPS) is 11.0. The molecule has 0 aromatic carbocycles. The van der Waals surface area contributed by atoms with Crippen molar-refractivity contribution >= 4 is 16.9 Å². The zero-order valence-electron chi connectivity index (χ0n) is 7.80. The van der Waals surface area contributed by atoms with Gasteiger partial charge in [0, 0.05) is 0 Å². The molecule has 0 spiro atoms. The Kier molecular flexibility index (Phi) is 2.05. The summed E-state index contributed by atoms with van der Waals surface area (Å²) in [5.74, 6) is 1.03. The van der Waals surface area contributed by atoms with E-state index in [1.807, 2.05) is 0 Å². The lowest BCUT2D eigenvalue weighted by atomic mass is 10.4. The number of aromatic nitrogens is 4. The Labute approximate surface area is 80.4 Å². The van der Waals surface area contributed by atoms with E-state index in [9.17, 15) is 0 Å². The molecule has 3 N–H and O–H groups in total. The van der Waals surface area contributed by atoms with Gasteiger partial charge in [-0.2, -0.15) is 5.10 Å². The zero-order chi connectivity index (χ0) is 10.1. The van der Waals surface area contributed by atoms with E-state index in [1.165, 1.54) is 0 Å². The maximum atomic E-state index is 8.80. The summed E-state index contributed by atoms with van der Waals surface area (Å²) in [5.41, 5.74) is 6.37. The number of nitrogens with two attached hydrogens (primary N) is 1. The molecule has 2 rings (SSSR count). The van der Waals surface area contributed by atoms with Gasteiger partial charge >= 0.3 is 0 Å². The quantitative estimate of drug-likeness (QED) is 0.684. The van der Waals surface area contributed by atoms with E-state index in [-0.39, 0.29) is 6.61 Å². The van der Waals surface area contributed by atoms with Crippen LogP contribution in [-0.4, -0.2) is 31.5 Å². The van der Waals surface area contributed by atoms with Gasteiger partial charge in [-0.05, 0) is 6.92 Å². The van der Waals surface area contributed by atoms with E-state index in [1.54, 1.807) is 17.8 Å². The number of nitrogens with zero attached hydrogens (tertiary/aromatic N) is 4. The minimum Gasteiger partial charge on any atom is -0.394 e. The molecule has 0 bridgehead atoms. The maximum Gasteiger partial charge on any atom is 0.163 e. The van der Waals surface area contributed by atoms with Gasteiger partial charge in [0.2, 0.25) is 0 Å². The maximum absolute atomic E-state index is 8.80. The third-order valence-electron chi connectivity index (χ3n) is 1.95. The number of hydrogen-bond acceptors (Lipinski definition) is 5. The molecule has 0 amide bonds. The summed E-state index contributed by atoms with van der Waals surface area (Å²) in [4.78, 5) is 8.24. The molecule has 0 aliphatic carbocycles. The van der Waals surface area contributed by atoms with Crippen molar-refractivity contribution in [3.8, 4) is 0 Å². The summed E-state index contributed by atoms with van der Waals surface area (Å²) < 4.78 is 1.61. The first-order valence-corrected chi connectivity index (χ1v) is 4.29. The van der Waals surface area contributed by atoms with Crippen LogP contribution in [0.2, 0.25) is 0 Å². The molecule has 0 atom stereocenters. The van der Waals surface area contributed by atoms with E-state index >= 15 is 0 Å². The van der Waals surface area contributed by atoms with Gasteiger partial charge in [0.25, 0.3) is 0 Å². The summed E-state index contributed by atoms with van der Waals surface area (Å²) in [6, 6.07) is 0. The zero-order valence-corrected chi connectivity index (χ0v) is 7.80. The number of fused-ring (bicyclic) bond motifs is 1. The highest BCUT2D eigenvalue weighted by Crippen LogP contribution is 2.16. The first kappa shape index (κ1) is 8.89. The SMILES string of the molecule is Cc1nc(N)c2cnn(CCO)c2n1. The molecule has 0 saturated carbocycles. The third-order valence-corrected chi connectivity index (χ3v) is 1.95. The van der Waals surface area contributed by atoms with Gasteiger partial charge in [-0.25, -0.2) is 14.6 Å². The molecule has 0 saturated heterocycles. The molecule has 74 valence electrons. The van der Waals surface area contributed by atoms with Crippen molar-refractivity contribution in [3.05, 3.63) is 12.0 Å². The lowest BCUT2D eigenvalue weighted by Gasteiger charge is -2.01. The van der Waals surface area contributed by atoms with E-state index in [0.29, 0.717) is 23.8 Å². The van der Waals surface area contributed by atoms with Crippen LogP contribution < -0.4 is 5.73 Å². The van der Waals surface area contributed by atoms with Crippen LogP contribution in [-0.2, 0) is 6.54 Å². The second-order valence-electron chi connectivity index (χ2n) is 2.98. The second-order valence-corrected chi connectivity index (χ2v) is 2.98. The van der Waals surface area contributed by atoms with Gasteiger partial charge < -0.3 is 10.8 Å². The molecule has 2 aromatic heterocycles. The first-order valence-electron chi connectivity index (χ1n) is 4.29. The molecular formula is C8H11N5O. The van der Waals surface area contributed by atoms with E-state index in [2.05, 4.69) is 15.1 Å². The van der Waals surface area contributed by atoms with E-state index < -0.39 is 0 Å². The molecule has 0 aliphatic rings. The van der Waals surface area contributed by atoms with E-state index in [0.717, 1.165) is 5.39 Å². The molecular weight excluding hydrogens is 182 g/mol. The van der Waals surface area contributed by atoms with Gasteiger partial charge in [0.05, 0.1) is 24.7 Å².